The lowest BCUT2D eigenvalue weighted by Gasteiger charge is -2.05. The number of hydrogen-bond acceptors (Lipinski definition) is 5. The van der Waals surface area contributed by atoms with Crippen molar-refractivity contribution in [3.8, 4) is 5.69 Å². The topological polar surface area (TPSA) is 85.8 Å². The van der Waals surface area contributed by atoms with Crippen LogP contribution in [-0.2, 0) is 6.54 Å². The number of nitrogens with zero attached hydrogens (tertiary/aromatic N) is 4. The van der Waals surface area contributed by atoms with Crippen molar-refractivity contribution in [2.24, 2.45) is 0 Å². The van der Waals surface area contributed by atoms with Gasteiger partial charge in [0.1, 0.15) is 24.6 Å². The Labute approximate surface area is 114 Å². The summed E-state index contributed by atoms with van der Waals surface area (Å²) in [6.07, 6.45) is 4.48. The highest BCUT2D eigenvalue weighted by Gasteiger charge is 2.08. The van der Waals surface area contributed by atoms with Crippen molar-refractivity contribution in [3.63, 3.8) is 0 Å². The van der Waals surface area contributed by atoms with Crippen LogP contribution < -0.4 is 5.32 Å². The number of rotatable bonds is 4. The van der Waals surface area contributed by atoms with Crippen LogP contribution >= 0.6 is 0 Å². The second-order valence-corrected chi connectivity index (χ2v) is 4.06. The highest BCUT2D eigenvalue weighted by Crippen LogP contribution is 2.09. The number of aromatic nitrogens is 4. The number of amides is 1. The zero-order valence-corrected chi connectivity index (χ0v) is 10.4. The average molecular weight is 269 g/mol. The Kier molecular flexibility index (Phi) is 3.24. The number of carbonyl (C=O) groups is 1. The van der Waals surface area contributed by atoms with Gasteiger partial charge in [0, 0.05) is 11.6 Å². The molecule has 3 rings (SSSR count). The summed E-state index contributed by atoms with van der Waals surface area (Å²) in [5.74, 6) is -0.185. The molecule has 2 aromatic heterocycles. The number of benzene rings is 1. The summed E-state index contributed by atoms with van der Waals surface area (Å²) in [5.41, 5.74) is 1.99. The lowest BCUT2D eigenvalue weighted by Crippen LogP contribution is -2.23. The Balaban J connectivity index is 1.73. The van der Waals surface area contributed by atoms with Gasteiger partial charge in [-0.25, -0.2) is 9.67 Å². The van der Waals surface area contributed by atoms with Crippen molar-refractivity contribution in [3.05, 3.63) is 60.5 Å². The van der Waals surface area contributed by atoms with E-state index in [1.54, 1.807) is 35.3 Å². The molecule has 100 valence electrons. The minimum Gasteiger partial charge on any atom is -0.364 e. The molecule has 0 atom stereocenters. The van der Waals surface area contributed by atoms with Crippen LogP contribution in [0.4, 0.5) is 0 Å². The monoisotopic (exact) mass is 269 g/mol. The molecule has 20 heavy (non-hydrogen) atoms. The lowest BCUT2D eigenvalue weighted by molar-refractivity contribution is 0.0950. The molecular weight excluding hydrogens is 258 g/mol. The van der Waals surface area contributed by atoms with E-state index in [0.29, 0.717) is 17.8 Å². The van der Waals surface area contributed by atoms with Crippen LogP contribution in [0.5, 0.6) is 0 Å². The van der Waals surface area contributed by atoms with E-state index in [1.807, 2.05) is 6.07 Å². The first kappa shape index (κ1) is 12.1. The van der Waals surface area contributed by atoms with Crippen molar-refractivity contribution < 1.29 is 9.32 Å². The molecule has 7 nitrogen and oxygen atoms in total. The van der Waals surface area contributed by atoms with Crippen molar-refractivity contribution in [2.45, 2.75) is 6.54 Å². The molecule has 7 heteroatoms. The first-order chi connectivity index (χ1) is 9.83. The van der Waals surface area contributed by atoms with E-state index in [1.165, 1.54) is 12.6 Å². The predicted octanol–water partition coefficient (Wildman–Crippen LogP) is 1.19. The third kappa shape index (κ3) is 2.56. The van der Waals surface area contributed by atoms with Crippen LogP contribution in [0.3, 0.4) is 0 Å². The summed E-state index contributed by atoms with van der Waals surface area (Å²) in [6.45, 7) is 0.322. The molecular formula is C13H11N5O2. The fourth-order valence-electron chi connectivity index (χ4n) is 1.73. The molecule has 0 radical (unpaired) electrons. The van der Waals surface area contributed by atoms with Gasteiger partial charge in [-0.3, -0.25) is 4.79 Å². The Bertz CT molecular complexity index is 691. The molecule has 1 N–H and O–H groups in total. The molecule has 1 aromatic carbocycles. The van der Waals surface area contributed by atoms with Crippen LogP contribution in [0, 0.1) is 0 Å². The minimum atomic E-state index is -0.185. The molecule has 0 bridgehead atoms. The number of nitrogens with one attached hydrogen (secondary N) is 1. The van der Waals surface area contributed by atoms with E-state index in [-0.39, 0.29) is 5.91 Å². The molecule has 0 aliphatic rings. The van der Waals surface area contributed by atoms with Crippen LogP contribution in [0.1, 0.15) is 16.1 Å². The van der Waals surface area contributed by atoms with Gasteiger partial charge >= 0.3 is 0 Å². The number of carbonyl (C=O) groups excluding carboxylic acids is 1. The normalized spacial score (nSPS) is 10.4. The summed E-state index contributed by atoms with van der Waals surface area (Å²) < 4.78 is 6.29. The van der Waals surface area contributed by atoms with Gasteiger partial charge in [0.2, 0.25) is 0 Å². The van der Waals surface area contributed by atoms with Gasteiger partial charge in [-0.05, 0) is 18.2 Å². The molecule has 2 heterocycles. The lowest BCUT2D eigenvalue weighted by atomic mass is 10.2. The first-order valence-electron chi connectivity index (χ1n) is 5.95. The molecule has 0 saturated carbocycles. The summed E-state index contributed by atoms with van der Waals surface area (Å²) in [7, 11) is 0. The molecule has 0 spiro atoms. The maximum atomic E-state index is 12.0. The van der Waals surface area contributed by atoms with E-state index in [2.05, 4.69) is 20.6 Å². The molecule has 3 aromatic rings. The van der Waals surface area contributed by atoms with Gasteiger partial charge in [0.25, 0.3) is 5.91 Å². The summed E-state index contributed by atoms with van der Waals surface area (Å²) in [6, 6.07) is 8.82. The molecule has 0 unspecified atom stereocenters. The molecule has 0 aliphatic carbocycles. The largest absolute Gasteiger partial charge is 0.364 e. The summed E-state index contributed by atoms with van der Waals surface area (Å²) in [5, 5.41) is 10.5. The highest BCUT2D eigenvalue weighted by molar-refractivity contribution is 5.94. The molecule has 0 aliphatic heterocycles. The van der Waals surface area contributed by atoms with E-state index >= 15 is 0 Å². The minimum absolute atomic E-state index is 0.185. The zero-order chi connectivity index (χ0) is 13.8. The fourth-order valence-corrected chi connectivity index (χ4v) is 1.73. The first-order valence-corrected chi connectivity index (χ1v) is 5.95. The quantitative estimate of drug-likeness (QED) is 0.768. The number of hydrogen-bond donors (Lipinski definition) is 1. The summed E-state index contributed by atoms with van der Waals surface area (Å²) in [4.78, 5) is 15.9. The Morgan fingerprint density at radius 3 is 3.05 bits per heavy atom. The van der Waals surface area contributed by atoms with Gasteiger partial charge in [-0.1, -0.05) is 11.2 Å². The van der Waals surface area contributed by atoms with Gasteiger partial charge in [0.05, 0.1) is 12.2 Å². The van der Waals surface area contributed by atoms with Gasteiger partial charge < -0.3 is 9.84 Å². The maximum absolute atomic E-state index is 12.0. The molecule has 1 amide bonds. The Morgan fingerprint density at radius 1 is 1.35 bits per heavy atom. The summed E-state index contributed by atoms with van der Waals surface area (Å²) >= 11 is 0. The SMILES string of the molecule is O=C(NCc1ccon1)c1cccc(-n2cncn2)c1. The maximum Gasteiger partial charge on any atom is 0.251 e. The second-order valence-electron chi connectivity index (χ2n) is 4.06. The van der Waals surface area contributed by atoms with Gasteiger partial charge in [-0.15, -0.1) is 0 Å². The van der Waals surface area contributed by atoms with Crippen LogP contribution in [-0.4, -0.2) is 25.8 Å². The zero-order valence-electron chi connectivity index (χ0n) is 10.4. The predicted molar refractivity (Wildman–Crippen MR) is 69.0 cm³/mol. The van der Waals surface area contributed by atoms with Crippen LogP contribution in [0.2, 0.25) is 0 Å². The highest BCUT2D eigenvalue weighted by atomic mass is 16.5. The molecule has 0 fully saturated rings. The van der Waals surface area contributed by atoms with Crippen LogP contribution in [0.15, 0.2) is 53.8 Å². The van der Waals surface area contributed by atoms with Crippen molar-refractivity contribution in [1.29, 1.82) is 0 Å². The van der Waals surface area contributed by atoms with E-state index < -0.39 is 0 Å². The third-order valence-corrected chi connectivity index (χ3v) is 2.71. The smallest absolute Gasteiger partial charge is 0.251 e. The second kappa shape index (κ2) is 5.35. The van der Waals surface area contributed by atoms with Gasteiger partial charge in [-0.2, -0.15) is 5.10 Å². The molecule has 0 saturated heterocycles. The van der Waals surface area contributed by atoms with E-state index in [0.717, 1.165) is 5.69 Å². The van der Waals surface area contributed by atoms with E-state index in [9.17, 15) is 4.79 Å². The standard InChI is InChI=1S/C13H11N5O2/c19-13(15-7-11-4-5-20-17-11)10-2-1-3-12(6-10)18-9-14-8-16-18/h1-6,8-9H,7H2,(H,15,19). The van der Waals surface area contributed by atoms with Crippen molar-refractivity contribution >= 4 is 5.91 Å². The Hall–Kier alpha value is -2.96. The van der Waals surface area contributed by atoms with Crippen molar-refractivity contribution in [1.82, 2.24) is 25.2 Å². The third-order valence-electron chi connectivity index (χ3n) is 2.71. The van der Waals surface area contributed by atoms with Gasteiger partial charge in [0.15, 0.2) is 0 Å². The van der Waals surface area contributed by atoms with E-state index in [4.69, 9.17) is 4.52 Å². The Morgan fingerprint density at radius 2 is 2.30 bits per heavy atom. The fraction of sp³-hybridized carbons (Fsp3) is 0.0769. The van der Waals surface area contributed by atoms with Crippen LogP contribution in [0.25, 0.3) is 5.69 Å². The average Bonchev–Trinajstić information content (AvgIpc) is 3.18. The van der Waals surface area contributed by atoms with Crippen molar-refractivity contribution in [2.75, 3.05) is 0 Å².